The molecule has 7 heteroatoms. The Morgan fingerprint density at radius 1 is 0.652 bits per heavy atom. The van der Waals surface area contributed by atoms with Crippen molar-refractivity contribution in [3.05, 3.63) is 143 Å². The molecule has 0 aliphatic heterocycles. The van der Waals surface area contributed by atoms with Crippen molar-refractivity contribution in [3.8, 4) is 0 Å². The van der Waals surface area contributed by atoms with Crippen LogP contribution in [0.15, 0.2) is 109 Å². The zero-order chi connectivity index (χ0) is 32.2. The fraction of sp³-hybridized carbons (Fsp3) is 0.333. The number of carbonyl (C=O) groups excluding carboxylic acids is 2. The van der Waals surface area contributed by atoms with Crippen LogP contribution in [-0.2, 0) is 35.3 Å². The maximum atomic E-state index is 15.1. The molecule has 0 fully saturated rings. The van der Waals surface area contributed by atoms with Crippen molar-refractivity contribution in [1.29, 1.82) is 0 Å². The fourth-order valence-electron chi connectivity index (χ4n) is 7.56. The van der Waals surface area contributed by atoms with E-state index < -0.39 is 48.1 Å². The van der Waals surface area contributed by atoms with Crippen molar-refractivity contribution in [1.82, 2.24) is 4.90 Å². The maximum absolute atomic E-state index is 15.1. The van der Waals surface area contributed by atoms with Gasteiger partial charge < -0.3 is 26.0 Å². The molecule has 7 unspecified atom stereocenters. The number of fused-ring (bicyclic) bond motifs is 2. The molecule has 0 saturated heterocycles. The number of benzene rings is 4. The normalized spacial score (nSPS) is 22.0. The Bertz CT molecular complexity index is 1590. The van der Waals surface area contributed by atoms with Gasteiger partial charge in [0.2, 0.25) is 11.8 Å². The molecular formula is C39H42N2O5. The van der Waals surface area contributed by atoms with Crippen molar-refractivity contribution in [2.45, 2.75) is 68.9 Å². The van der Waals surface area contributed by atoms with Crippen molar-refractivity contribution in [2.75, 3.05) is 0 Å². The van der Waals surface area contributed by atoms with Gasteiger partial charge in [-0.1, -0.05) is 109 Å². The summed E-state index contributed by atoms with van der Waals surface area (Å²) in [6.45, 7) is 0. The quantitative estimate of drug-likeness (QED) is 0.187. The zero-order valence-corrected chi connectivity index (χ0v) is 25.9. The molecule has 0 bridgehead atoms. The Hall–Kier alpha value is -4.30. The molecule has 7 atom stereocenters. The molecule has 0 saturated carbocycles. The number of nitrogens with two attached hydrogens (primary N) is 1. The minimum Gasteiger partial charge on any atom is -0.393 e. The highest BCUT2D eigenvalue weighted by Gasteiger charge is 2.47. The van der Waals surface area contributed by atoms with E-state index in [1.807, 2.05) is 109 Å². The predicted octanol–water partition coefficient (Wildman–Crippen LogP) is 4.48. The maximum Gasteiger partial charge on any atom is 0.227 e. The van der Waals surface area contributed by atoms with E-state index in [0.717, 1.165) is 33.4 Å². The SMILES string of the molecule is NC(=O)C(Cc1ccccc1)CC(O)CC(Cc1ccccc1)C(=O)N(C1c2ccccc2CC1O)C1c2ccccc2CC1O. The second-order valence-corrected chi connectivity index (χ2v) is 12.9. The van der Waals surface area contributed by atoms with E-state index in [1.54, 1.807) is 4.90 Å². The molecule has 5 N–H and O–H groups in total. The largest absolute Gasteiger partial charge is 0.393 e. The lowest BCUT2D eigenvalue weighted by Crippen LogP contribution is -2.48. The summed E-state index contributed by atoms with van der Waals surface area (Å²) in [6, 6.07) is 33.4. The van der Waals surface area contributed by atoms with Gasteiger partial charge in [0.05, 0.1) is 30.4 Å². The molecule has 2 aliphatic carbocycles. The Labute approximate surface area is 270 Å². The summed E-state index contributed by atoms with van der Waals surface area (Å²) in [5.41, 5.74) is 11.4. The number of rotatable bonds is 12. The topological polar surface area (TPSA) is 124 Å². The van der Waals surface area contributed by atoms with Crippen molar-refractivity contribution >= 4 is 11.8 Å². The number of hydrogen-bond acceptors (Lipinski definition) is 5. The summed E-state index contributed by atoms with van der Waals surface area (Å²) in [7, 11) is 0. The summed E-state index contributed by atoms with van der Waals surface area (Å²) in [5, 5.41) is 34.5. The van der Waals surface area contributed by atoms with Crippen LogP contribution in [0, 0.1) is 11.8 Å². The molecule has 0 aromatic heterocycles. The summed E-state index contributed by atoms with van der Waals surface area (Å²) < 4.78 is 0. The minimum atomic E-state index is -0.984. The number of aliphatic hydroxyl groups is 3. The standard InChI is InChI=1S/C39H42N2O5/c40-38(45)29(19-25-11-3-1-4-12-25)21-31(42)22-30(20-26-13-5-2-6-14-26)39(46)41(36-32-17-9-7-15-27(32)23-34(36)43)37-33-18-10-8-16-28(33)24-35(37)44/h1-18,29-31,34-37,42-44H,19-24H2,(H2,40,45). The Morgan fingerprint density at radius 3 is 1.54 bits per heavy atom. The monoisotopic (exact) mass is 618 g/mol. The van der Waals surface area contributed by atoms with Gasteiger partial charge in [-0.25, -0.2) is 0 Å². The predicted molar refractivity (Wildman–Crippen MR) is 176 cm³/mol. The van der Waals surface area contributed by atoms with Crippen LogP contribution in [-0.4, -0.2) is 50.3 Å². The first-order valence-corrected chi connectivity index (χ1v) is 16.2. The average Bonchev–Trinajstić information content (AvgIpc) is 3.57. The first-order chi connectivity index (χ1) is 22.3. The van der Waals surface area contributed by atoms with E-state index in [-0.39, 0.29) is 18.7 Å². The van der Waals surface area contributed by atoms with Gasteiger partial charge >= 0.3 is 0 Å². The molecule has 46 heavy (non-hydrogen) atoms. The second kappa shape index (κ2) is 14.0. The zero-order valence-electron chi connectivity index (χ0n) is 25.9. The van der Waals surface area contributed by atoms with Gasteiger partial charge in [0.25, 0.3) is 0 Å². The van der Waals surface area contributed by atoms with Gasteiger partial charge in [0, 0.05) is 24.7 Å². The first-order valence-electron chi connectivity index (χ1n) is 16.2. The lowest BCUT2D eigenvalue weighted by atomic mass is 9.85. The van der Waals surface area contributed by atoms with Gasteiger partial charge in [-0.15, -0.1) is 0 Å². The number of aliphatic hydroxyl groups excluding tert-OH is 3. The number of amides is 2. The van der Waals surface area contributed by atoms with E-state index in [4.69, 9.17) is 5.73 Å². The molecule has 4 aromatic carbocycles. The summed E-state index contributed by atoms with van der Waals surface area (Å²) in [6.07, 6.45) is -0.925. The highest BCUT2D eigenvalue weighted by atomic mass is 16.3. The third-order valence-corrected chi connectivity index (χ3v) is 9.70. The Balaban J connectivity index is 1.35. The van der Waals surface area contributed by atoms with Gasteiger partial charge in [0.15, 0.2) is 0 Å². The van der Waals surface area contributed by atoms with Crippen LogP contribution >= 0.6 is 0 Å². The van der Waals surface area contributed by atoms with Crippen molar-refractivity contribution < 1.29 is 24.9 Å². The molecule has 6 rings (SSSR count). The van der Waals surface area contributed by atoms with Gasteiger partial charge in [-0.05, 0) is 59.1 Å². The van der Waals surface area contributed by atoms with Crippen molar-refractivity contribution in [2.24, 2.45) is 17.6 Å². The molecule has 2 amide bonds. The molecule has 0 radical (unpaired) electrons. The van der Waals surface area contributed by atoms with Crippen LogP contribution in [0.4, 0.5) is 0 Å². The number of hydrogen-bond donors (Lipinski definition) is 4. The summed E-state index contributed by atoms with van der Waals surface area (Å²) >= 11 is 0. The summed E-state index contributed by atoms with van der Waals surface area (Å²) in [5.74, 6) is -2.04. The molecular weight excluding hydrogens is 576 g/mol. The van der Waals surface area contributed by atoms with E-state index >= 15 is 4.79 Å². The molecule has 4 aromatic rings. The molecule has 0 spiro atoms. The number of primary amides is 1. The average molecular weight is 619 g/mol. The summed E-state index contributed by atoms with van der Waals surface area (Å²) in [4.78, 5) is 29.3. The third-order valence-electron chi connectivity index (χ3n) is 9.70. The smallest absolute Gasteiger partial charge is 0.227 e. The van der Waals surface area contributed by atoms with E-state index in [9.17, 15) is 20.1 Å². The van der Waals surface area contributed by atoms with Crippen molar-refractivity contribution in [3.63, 3.8) is 0 Å². The highest BCUT2D eigenvalue weighted by molar-refractivity contribution is 5.81. The molecule has 238 valence electrons. The highest BCUT2D eigenvalue weighted by Crippen LogP contribution is 2.46. The number of carbonyl (C=O) groups is 2. The lowest BCUT2D eigenvalue weighted by molar-refractivity contribution is -0.148. The van der Waals surface area contributed by atoms with Gasteiger partial charge in [-0.2, -0.15) is 0 Å². The van der Waals surface area contributed by atoms with Crippen LogP contribution in [0.2, 0.25) is 0 Å². The minimum absolute atomic E-state index is 0.0950. The van der Waals surface area contributed by atoms with E-state index in [0.29, 0.717) is 25.7 Å². The van der Waals surface area contributed by atoms with Crippen LogP contribution in [0.1, 0.15) is 58.3 Å². The Kier molecular flexibility index (Phi) is 9.64. The van der Waals surface area contributed by atoms with E-state index in [2.05, 4.69) is 0 Å². The van der Waals surface area contributed by atoms with Gasteiger partial charge in [-0.3, -0.25) is 9.59 Å². The molecule has 7 nitrogen and oxygen atoms in total. The molecule has 0 heterocycles. The third kappa shape index (κ3) is 6.77. The number of nitrogens with zero attached hydrogens (tertiary/aromatic N) is 1. The fourth-order valence-corrected chi connectivity index (χ4v) is 7.56. The van der Waals surface area contributed by atoms with Crippen LogP contribution in [0.5, 0.6) is 0 Å². The van der Waals surface area contributed by atoms with Gasteiger partial charge in [0.1, 0.15) is 0 Å². The van der Waals surface area contributed by atoms with Crippen LogP contribution in [0.3, 0.4) is 0 Å². The first kappa shape index (κ1) is 31.7. The second-order valence-electron chi connectivity index (χ2n) is 12.9. The van der Waals surface area contributed by atoms with Crippen LogP contribution < -0.4 is 5.73 Å². The van der Waals surface area contributed by atoms with Crippen LogP contribution in [0.25, 0.3) is 0 Å². The Morgan fingerprint density at radius 2 is 1.07 bits per heavy atom. The van der Waals surface area contributed by atoms with E-state index in [1.165, 1.54) is 0 Å². The lowest BCUT2D eigenvalue weighted by Gasteiger charge is -2.41. The molecule has 2 aliphatic rings.